The summed E-state index contributed by atoms with van der Waals surface area (Å²) in [6, 6.07) is 3.41. The van der Waals surface area contributed by atoms with Gasteiger partial charge in [0.2, 0.25) is 11.8 Å². The molecule has 10 heteroatoms. The number of aliphatic carboxylic acids is 1. The van der Waals surface area contributed by atoms with E-state index in [1.165, 1.54) is 4.90 Å². The molecule has 5 N–H and O–H groups in total. The van der Waals surface area contributed by atoms with Crippen molar-refractivity contribution in [1.29, 1.82) is 0 Å². The molecule has 1 aromatic heterocycles. The van der Waals surface area contributed by atoms with Crippen molar-refractivity contribution in [1.82, 2.24) is 4.90 Å². The first-order valence-corrected chi connectivity index (χ1v) is 12.8. The average molecular weight is 520 g/mol. The zero-order valence-corrected chi connectivity index (χ0v) is 21.1. The van der Waals surface area contributed by atoms with Crippen LogP contribution in [0.3, 0.4) is 0 Å². The van der Waals surface area contributed by atoms with Crippen LogP contribution in [0.5, 0.6) is 0 Å². The SMILES string of the molecule is C/C(=C\c1ccc(CO)o1)CC[C@@H](O)C1=C(CO)C[C@H]2C(=O)N(CCCCCC(=O)O)C(=O)[C@H]2[C@H]1CO. The second-order valence-electron chi connectivity index (χ2n) is 9.88. The minimum absolute atomic E-state index is 0.0324. The van der Waals surface area contributed by atoms with Gasteiger partial charge in [0.25, 0.3) is 0 Å². The lowest BCUT2D eigenvalue weighted by Gasteiger charge is -2.36. The standard InChI is InChI=1S/C27H37NO9/c1-16(11-18-7-8-19(14-30)37-18)6-9-22(32)24-17(13-29)12-20-25(21(24)15-31)27(36)28(26(20)35)10-4-2-3-5-23(33)34/h7-8,11,20-22,25,29-32H,2-6,9-10,12-15H2,1H3,(H,33,34)/b16-11+/t20-,21+,22-,25-/m1/s1. The molecule has 2 amide bonds. The number of carbonyl (C=O) groups excluding carboxylic acids is 2. The summed E-state index contributed by atoms with van der Waals surface area (Å²) < 4.78 is 5.46. The van der Waals surface area contributed by atoms with E-state index < -0.39 is 36.4 Å². The van der Waals surface area contributed by atoms with Crippen LogP contribution >= 0.6 is 0 Å². The first-order chi connectivity index (χ1) is 17.7. The Bertz CT molecular complexity index is 1040. The fourth-order valence-corrected chi connectivity index (χ4v) is 5.51. The van der Waals surface area contributed by atoms with Crippen LogP contribution in [0.4, 0.5) is 0 Å². The van der Waals surface area contributed by atoms with Crippen molar-refractivity contribution in [3.63, 3.8) is 0 Å². The predicted octanol–water partition coefficient (Wildman–Crippen LogP) is 1.86. The van der Waals surface area contributed by atoms with E-state index in [0.717, 1.165) is 5.57 Å². The highest BCUT2D eigenvalue weighted by atomic mass is 16.4. The van der Waals surface area contributed by atoms with Crippen LogP contribution in [0.15, 0.2) is 33.3 Å². The van der Waals surface area contributed by atoms with Gasteiger partial charge in [-0.1, -0.05) is 12.0 Å². The molecule has 0 bridgehead atoms. The number of likely N-dealkylation sites (tertiary alicyclic amines) is 1. The van der Waals surface area contributed by atoms with Gasteiger partial charge in [-0.2, -0.15) is 0 Å². The third-order valence-electron chi connectivity index (χ3n) is 7.33. The van der Waals surface area contributed by atoms with E-state index in [2.05, 4.69) is 0 Å². The molecule has 3 rings (SSSR count). The van der Waals surface area contributed by atoms with Crippen LogP contribution in [0.2, 0.25) is 0 Å². The molecule has 37 heavy (non-hydrogen) atoms. The third-order valence-corrected chi connectivity index (χ3v) is 7.33. The van der Waals surface area contributed by atoms with Crippen molar-refractivity contribution in [3.8, 4) is 0 Å². The molecule has 0 aromatic carbocycles. The van der Waals surface area contributed by atoms with E-state index in [1.54, 1.807) is 18.2 Å². The lowest BCUT2D eigenvalue weighted by Crippen LogP contribution is -2.39. The molecular formula is C27H37NO9. The predicted molar refractivity (Wildman–Crippen MR) is 133 cm³/mol. The van der Waals surface area contributed by atoms with Crippen molar-refractivity contribution < 1.29 is 44.3 Å². The lowest BCUT2D eigenvalue weighted by atomic mass is 9.68. The molecule has 0 saturated carbocycles. The number of hydrogen-bond acceptors (Lipinski definition) is 8. The van der Waals surface area contributed by atoms with Gasteiger partial charge in [-0.15, -0.1) is 0 Å². The van der Waals surface area contributed by atoms with Gasteiger partial charge in [-0.25, -0.2) is 0 Å². The zero-order chi connectivity index (χ0) is 27.1. The average Bonchev–Trinajstić information content (AvgIpc) is 3.43. The number of imide groups is 1. The Kier molecular flexibility index (Phi) is 10.2. The Morgan fingerprint density at radius 1 is 1.11 bits per heavy atom. The fourth-order valence-electron chi connectivity index (χ4n) is 5.51. The maximum atomic E-state index is 13.2. The van der Waals surface area contributed by atoms with Crippen LogP contribution in [-0.4, -0.2) is 74.1 Å². The third kappa shape index (κ3) is 6.75. The smallest absolute Gasteiger partial charge is 0.303 e. The number of unbranched alkanes of at least 4 members (excludes halogenated alkanes) is 2. The number of rotatable bonds is 14. The number of nitrogens with zero attached hydrogens (tertiary/aromatic N) is 1. The van der Waals surface area contributed by atoms with Crippen LogP contribution in [0.25, 0.3) is 6.08 Å². The van der Waals surface area contributed by atoms with Crippen LogP contribution < -0.4 is 0 Å². The first kappa shape index (κ1) is 28.8. The zero-order valence-electron chi connectivity index (χ0n) is 21.1. The molecule has 1 fully saturated rings. The van der Waals surface area contributed by atoms with Gasteiger partial charge in [-0.3, -0.25) is 19.3 Å². The Labute approximate surface area is 215 Å². The van der Waals surface area contributed by atoms with E-state index in [1.807, 2.05) is 6.92 Å². The van der Waals surface area contributed by atoms with Gasteiger partial charge in [-0.05, 0) is 68.4 Å². The van der Waals surface area contributed by atoms with Gasteiger partial charge in [0.05, 0.1) is 31.2 Å². The summed E-state index contributed by atoms with van der Waals surface area (Å²) in [5.74, 6) is -2.85. The molecule has 1 aliphatic heterocycles. The van der Waals surface area contributed by atoms with Crippen LogP contribution in [0.1, 0.15) is 63.4 Å². The molecule has 2 heterocycles. The van der Waals surface area contributed by atoms with Gasteiger partial charge in [0, 0.05) is 18.9 Å². The molecule has 10 nitrogen and oxygen atoms in total. The Balaban J connectivity index is 1.69. The summed E-state index contributed by atoms with van der Waals surface area (Å²) in [6.45, 7) is 1.05. The summed E-state index contributed by atoms with van der Waals surface area (Å²) in [6.07, 6.45) is 3.27. The Morgan fingerprint density at radius 2 is 1.86 bits per heavy atom. The molecule has 204 valence electrons. The molecule has 1 aromatic rings. The number of aliphatic hydroxyl groups excluding tert-OH is 4. The number of hydrogen-bond donors (Lipinski definition) is 5. The van der Waals surface area contributed by atoms with Crippen LogP contribution in [0, 0.1) is 17.8 Å². The van der Waals surface area contributed by atoms with E-state index >= 15 is 0 Å². The van der Waals surface area contributed by atoms with E-state index in [4.69, 9.17) is 14.6 Å². The normalized spacial score (nSPS) is 23.1. The highest BCUT2D eigenvalue weighted by Crippen LogP contribution is 2.46. The van der Waals surface area contributed by atoms with Crippen molar-refractivity contribution in [2.45, 2.75) is 64.6 Å². The van der Waals surface area contributed by atoms with E-state index in [0.29, 0.717) is 48.3 Å². The molecule has 1 saturated heterocycles. The Morgan fingerprint density at radius 3 is 2.49 bits per heavy atom. The largest absolute Gasteiger partial charge is 0.481 e. The number of aliphatic hydroxyl groups is 4. The molecule has 1 aliphatic carbocycles. The van der Waals surface area contributed by atoms with Crippen LogP contribution in [-0.2, 0) is 21.0 Å². The molecule has 2 aliphatic rings. The number of carboxylic acid groups (broad SMARTS) is 1. The van der Waals surface area contributed by atoms with E-state index in [9.17, 15) is 29.7 Å². The summed E-state index contributed by atoms with van der Waals surface area (Å²) in [5, 5.41) is 49.3. The van der Waals surface area contributed by atoms with Gasteiger partial charge in [0.1, 0.15) is 18.1 Å². The minimum Gasteiger partial charge on any atom is -0.481 e. The second kappa shape index (κ2) is 13.1. The first-order valence-electron chi connectivity index (χ1n) is 12.8. The maximum Gasteiger partial charge on any atom is 0.303 e. The van der Waals surface area contributed by atoms with Crippen molar-refractivity contribution >= 4 is 23.9 Å². The summed E-state index contributed by atoms with van der Waals surface area (Å²) in [5.41, 5.74) is 1.83. The summed E-state index contributed by atoms with van der Waals surface area (Å²) >= 11 is 0. The minimum atomic E-state index is -1.01. The van der Waals surface area contributed by atoms with Gasteiger partial charge in [0.15, 0.2) is 0 Å². The second-order valence-corrected chi connectivity index (χ2v) is 9.88. The molecule has 4 atom stereocenters. The molecular weight excluding hydrogens is 482 g/mol. The number of amides is 2. The summed E-state index contributed by atoms with van der Waals surface area (Å²) in [7, 11) is 0. The maximum absolute atomic E-state index is 13.2. The van der Waals surface area contributed by atoms with Gasteiger partial charge >= 0.3 is 5.97 Å². The number of furan rings is 1. The fraction of sp³-hybridized carbons (Fsp3) is 0.593. The number of carbonyl (C=O) groups is 3. The Hall–Kier alpha value is -2.79. The highest BCUT2D eigenvalue weighted by molar-refractivity contribution is 6.05. The van der Waals surface area contributed by atoms with Crippen molar-refractivity contribution in [3.05, 3.63) is 40.4 Å². The number of allylic oxidation sites excluding steroid dienone is 1. The van der Waals surface area contributed by atoms with Crippen molar-refractivity contribution in [2.75, 3.05) is 19.8 Å². The van der Waals surface area contributed by atoms with Crippen molar-refractivity contribution in [2.24, 2.45) is 17.8 Å². The molecule has 0 spiro atoms. The monoisotopic (exact) mass is 519 g/mol. The lowest BCUT2D eigenvalue weighted by molar-refractivity contribution is -0.141. The summed E-state index contributed by atoms with van der Waals surface area (Å²) in [4.78, 5) is 38.2. The number of carboxylic acids is 1. The highest BCUT2D eigenvalue weighted by Gasteiger charge is 2.54. The van der Waals surface area contributed by atoms with Gasteiger partial charge < -0.3 is 29.9 Å². The quantitative estimate of drug-likeness (QED) is 0.140. The number of fused-ring (bicyclic) bond motifs is 1. The van der Waals surface area contributed by atoms with E-state index in [-0.39, 0.29) is 50.8 Å². The molecule has 0 radical (unpaired) electrons. The topological polar surface area (TPSA) is 169 Å². The molecule has 0 unspecified atom stereocenters.